The van der Waals surface area contributed by atoms with E-state index >= 15 is 0 Å². The zero-order valence-corrected chi connectivity index (χ0v) is 7.54. The molecule has 0 bridgehead atoms. The molecule has 0 unspecified atom stereocenters. The van der Waals surface area contributed by atoms with Crippen molar-refractivity contribution >= 4 is 5.84 Å². The zero-order valence-electron chi connectivity index (χ0n) is 7.54. The van der Waals surface area contributed by atoms with E-state index in [1.165, 1.54) is 0 Å². The molecule has 0 saturated carbocycles. The molecule has 1 aliphatic heterocycles. The first-order chi connectivity index (χ1) is 5.77. The summed E-state index contributed by atoms with van der Waals surface area (Å²) >= 11 is 0. The first kappa shape index (κ1) is 8.79. The van der Waals surface area contributed by atoms with Gasteiger partial charge >= 0.3 is 0 Å². The predicted molar refractivity (Wildman–Crippen MR) is 48.7 cm³/mol. The number of nitrogens with zero attached hydrogens (tertiary/aromatic N) is 3. The molecule has 0 spiro atoms. The lowest BCUT2D eigenvalue weighted by molar-refractivity contribution is 0.519. The van der Waals surface area contributed by atoms with Crippen LogP contribution < -0.4 is 0 Å². The van der Waals surface area contributed by atoms with Crippen LogP contribution in [-0.2, 0) is 0 Å². The van der Waals surface area contributed by atoms with Gasteiger partial charge in [-0.3, -0.25) is 0 Å². The van der Waals surface area contributed by atoms with Crippen molar-refractivity contribution in [1.82, 2.24) is 4.90 Å². The Kier molecular flexibility index (Phi) is 2.87. The molecule has 0 fully saturated rings. The second kappa shape index (κ2) is 3.91. The summed E-state index contributed by atoms with van der Waals surface area (Å²) in [6.45, 7) is 3.06. The Hall–Kier alpha value is -1.30. The average molecular weight is 163 g/mol. The first-order valence-corrected chi connectivity index (χ1v) is 4.15. The molecule has 0 aromatic rings. The van der Waals surface area contributed by atoms with Crippen LogP contribution in [0.1, 0.15) is 19.8 Å². The summed E-state index contributed by atoms with van der Waals surface area (Å²) in [6, 6.07) is 2.12. The molecule has 1 rings (SSSR count). The molecule has 3 nitrogen and oxygen atoms in total. The van der Waals surface area contributed by atoms with Gasteiger partial charge in [-0.15, -0.1) is 0 Å². The number of aliphatic imine (C=N–C) groups is 1. The Labute approximate surface area is 73.0 Å². The van der Waals surface area contributed by atoms with Gasteiger partial charge in [0.25, 0.3) is 0 Å². The Balaban J connectivity index is 2.67. The highest BCUT2D eigenvalue weighted by molar-refractivity contribution is 5.83. The van der Waals surface area contributed by atoms with E-state index in [1.54, 1.807) is 6.20 Å². The molecule has 0 aromatic heterocycles. The van der Waals surface area contributed by atoms with Gasteiger partial charge in [0, 0.05) is 31.8 Å². The van der Waals surface area contributed by atoms with Crippen LogP contribution in [0.3, 0.4) is 0 Å². The molecular weight excluding hydrogens is 150 g/mol. The molecule has 64 valence electrons. The third-order valence-corrected chi connectivity index (χ3v) is 2.05. The number of hydrogen-bond acceptors (Lipinski definition) is 3. The number of rotatable bonds is 1. The van der Waals surface area contributed by atoms with Gasteiger partial charge in [-0.05, 0) is 13.3 Å². The fourth-order valence-electron chi connectivity index (χ4n) is 1.08. The molecule has 0 N–H and O–H groups in total. The van der Waals surface area contributed by atoms with E-state index in [2.05, 4.69) is 22.9 Å². The SMILES string of the molecule is CCN(C)C1=NC=C(C#N)CC1. The van der Waals surface area contributed by atoms with Crippen LogP contribution in [0.5, 0.6) is 0 Å². The fourth-order valence-corrected chi connectivity index (χ4v) is 1.08. The van der Waals surface area contributed by atoms with Crippen molar-refractivity contribution in [2.45, 2.75) is 19.8 Å². The molecule has 1 aliphatic rings. The molecule has 3 heteroatoms. The van der Waals surface area contributed by atoms with Crippen LogP contribution in [-0.4, -0.2) is 24.3 Å². The molecule has 0 amide bonds. The smallest absolute Gasteiger partial charge is 0.104 e. The fraction of sp³-hybridized carbons (Fsp3) is 0.556. The van der Waals surface area contributed by atoms with Crippen molar-refractivity contribution < 1.29 is 0 Å². The van der Waals surface area contributed by atoms with Crippen LogP contribution in [0.4, 0.5) is 0 Å². The molecular formula is C9H13N3. The van der Waals surface area contributed by atoms with Gasteiger partial charge in [0.1, 0.15) is 5.84 Å². The summed E-state index contributed by atoms with van der Waals surface area (Å²) in [5.74, 6) is 1.08. The molecule has 0 saturated heterocycles. The zero-order chi connectivity index (χ0) is 8.97. The highest BCUT2D eigenvalue weighted by Crippen LogP contribution is 2.12. The number of hydrogen-bond donors (Lipinski definition) is 0. The summed E-state index contributed by atoms with van der Waals surface area (Å²) in [5, 5.41) is 8.57. The van der Waals surface area contributed by atoms with Crippen LogP contribution >= 0.6 is 0 Å². The molecule has 0 radical (unpaired) electrons. The lowest BCUT2D eigenvalue weighted by atomic mass is 10.1. The first-order valence-electron chi connectivity index (χ1n) is 4.15. The van der Waals surface area contributed by atoms with Crippen LogP contribution in [0.2, 0.25) is 0 Å². The summed E-state index contributed by atoms with van der Waals surface area (Å²) in [7, 11) is 2.02. The van der Waals surface area contributed by atoms with Crippen molar-refractivity contribution in [1.29, 1.82) is 5.26 Å². The topological polar surface area (TPSA) is 39.4 Å². The maximum atomic E-state index is 8.57. The Morgan fingerprint density at radius 3 is 2.83 bits per heavy atom. The average Bonchev–Trinajstić information content (AvgIpc) is 2.17. The molecule has 0 aliphatic carbocycles. The standard InChI is InChI=1S/C9H13N3/c1-3-12(2)9-5-4-8(6-10)7-11-9/h7H,3-5H2,1-2H3. The van der Waals surface area contributed by atoms with Crippen molar-refractivity contribution in [3.8, 4) is 6.07 Å². The summed E-state index contributed by atoms with van der Waals surface area (Å²) in [6.07, 6.45) is 3.40. The number of amidine groups is 1. The van der Waals surface area contributed by atoms with Gasteiger partial charge in [-0.1, -0.05) is 0 Å². The van der Waals surface area contributed by atoms with Gasteiger partial charge in [0.05, 0.1) is 6.07 Å². The minimum atomic E-state index is 0.781. The summed E-state index contributed by atoms with van der Waals surface area (Å²) in [4.78, 5) is 6.31. The third-order valence-electron chi connectivity index (χ3n) is 2.05. The van der Waals surface area contributed by atoms with Gasteiger partial charge in [-0.2, -0.15) is 5.26 Å². The van der Waals surface area contributed by atoms with Crippen molar-refractivity contribution in [2.75, 3.05) is 13.6 Å². The second-order valence-electron chi connectivity index (χ2n) is 2.83. The molecule has 0 atom stereocenters. The van der Waals surface area contributed by atoms with Crippen molar-refractivity contribution in [3.63, 3.8) is 0 Å². The number of allylic oxidation sites excluding steroid dienone is 1. The maximum absolute atomic E-state index is 8.57. The van der Waals surface area contributed by atoms with Gasteiger partial charge in [0.2, 0.25) is 0 Å². The van der Waals surface area contributed by atoms with Gasteiger partial charge in [-0.25, -0.2) is 4.99 Å². The van der Waals surface area contributed by atoms with E-state index in [1.807, 2.05) is 7.05 Å². The largest absolute Gasteiger partial charge is 0.363 e. The van der Waals surface area contributed by atoms with Gasteiger partial charge < -0.3 is 4.90 Å². The minimum Gasteiger partial charge on any atom is -0.363 e. The lowest BCUT2D eigenvalue weighted by Crippen LogP contribution is -2.27. The summed E-state index contributed by atoms with van der Waals surface area (Å²) in [5.41, 5.74) is 0.781. The van der Waals surface area contributed by atoms with E-state index in [9.17, 15) is 0 Å². The van der Waals surface area contributed by atoms with E-state index in [-0.39, 0.29) is 0 Å². The lowest BCUT2D eigenvalue weighted by Gasteiger charge is -2.20. The minimum absolute atomic E-state index is 0.781. The number of nitriles is 1. The van der Waals surface area contributed by atoms with E-state index in [0.717, 1.165) is 30.8 Å². The highest BCUT2D eigenvalue weighted by atomic mass is 15.2. The predicted octanol–water partition coefficient (Wildman–Crippen LogP) is 1.54. The second-order valence-corrected chi connectivity index (χ2v) is 2.83. The Morgan fingerprint density at radius 2 is 2.42 bits per heavy atom. The van der Waals surface area contributed by atoms with Crippen molar-refractivity contribution in [2.24, 2.45) is 4.99 Å². The molecule has 12 heavy (non-hydrogen) atoms. The van der Waals surface area contributed by atoms with Gasteiger partial charge in [0.15, 0.2) is 0 Å². The normalized spacial score (nSPS) is 16.1. The quantitative estimate of drug-likeness (QED) is 0.588. The van der Waals surface area contributed by atoms with Crippen molar-refractivity contribution in [3.05, 3.63) is 11.8 Å². The van der Waals surface area contributed by atoms with Crippen LogP contribution in [0.15, 0.2) is 16.8 Å². The molecule has 0 aromatic carbocycles. The highest BCUT2D eigenvalue weighted by Gasteiger charge is 2.09. The van der Waals surface area contributed by atoms with E-state index < -0.39 is 0 Å². The van der Waals surface area contributed by atoms with Crippen LogP contribution in [0.25, 0.3) is 0 Å². The van der Waals surface area contributed by atoms with E-state index in [0.29, 0.717) is 0 Å². The summed E-state index contributed by atoms with van der Waals surface area (Å²) < 4.78 is 0. The third kappa shape index (κ3) is 1.85. The Morgan fingerprint density at radius 1 is 1.67 bits per heavy atom. The van der Waals surface area contributed by atoms with E-state index in [4.69, 9.17) is 5.26 Å². The molecule has 1 heterocycles. The monoisotopic (exact) mass is 163 g/mol. The Bertz CT molecular complexity index is 257. The van der Waals surface area contributed by atoms with Crippen LogP contribution in [0, 0.1) is 11.3 Å². The maximum Gasteiger partial charge on any atom is 0.104 e.